The van der Waals surface area contributed by atoms with Gasteiger partial charge in [0.2, 0.25) is 0 Å². The monoisotopic (exact) mass is 249 g/mol. The molecule has 0 aliphatic heterocycles. The van der Waals surface area contributed by atoms with Crippen molar-refractivity contribution in [1.82, 2.24) is 4.90 Å². The van der Waals surface area contributed by atoms with Crippen LogP contribution in [0.1, 0.15) is 11.1 Å². The molecule has 0 unspecified atom stereocenters. The Kier molecular flexibility index (Phi) is 3.75. The third-order valence-corrected chi connectivity index (χ3v) is 2.23. The molecule has 6 heteroatoms. The summed E-state index contributed by atoms with van der Waals surface area (Å²) in [4.78, 5) is 11.4. The third kappa shape index (κ3) is 3.44. The van der Waals surface area contributed by atoms with E-state index in [-0.39, 0.29) is 6.54 Å². The van der Waals surface area contributed by atoms with Crippen molar-refractivity contribution in [3.05, 3.63) is 35.1 Å². The van der Waals surface area contributed by atoms with E-state index in [0.717, 1.165) is 13.1 Å². The van der Waals surface area contributed by atoms with E-state index in [9.17, 15) is 22.4 Å². The Morgan fingerprint density at radius 2 is 1.94 bits per heavy atom. The molecule has 0 heterocycles. The number of nitrogens with zero attached hydrogens (tertiary/aromatic N) is 1. The average molecular weight is 249 g/mol. The molecule has 0 fully saturated rings. The molecular formula is C11H11F4NO. The molecule has 17 heavy (non-hydrogen) atoms. The van der Waals surface area contributed by atoms with E-state index in [1.807, 2.05) is 0 Å². The maximum atomic E-state index is 12.9. The molecule has 0 atom stereocenters. The first kappa shape index (κ1) is 13.5. The molecule has 0 aliphatic carbocycles. The second-order valence-electron chi connectivity index (χ2n) is 3.74. The largest absolute Gasteiger partial charge is 0.471 e. The molecule has 0 saturated heterocycles. The lowest BCUT2D eigenvalue weighted by Gasteiger charge is -2.18. The Morgan fingerprint density at radius 1 is 1.35 bits per heavy atom. The van der Waals surface area contributed by atoms with Crippen molar-refractivity contribution in [3.63, 3.8) is 0 Å². The van der Waals surface area contributed by atoms with Gasteiger partial charge < -0.3 is 4.90 Å². The van der Waals surface area contributed by atoms with E-state index < -0.39 is 17.9 Å². The third-order valence-electron chi connectivity index (χ3n) is 2.23. The number of carbonyl (C=O) groups is 1. The maximum Gasteiger partial charge on any atom is 0.471 e. The highest BCUT2D eigenvalue weighted by Gasteiger charge is 2.41. The number of hydrogen-bond donors (Lipinski definition) is 0. The Morgan fingerprint density at radius 3 is 2.41 bits per heavy atom. The van der Waals surface area contributed by atoms with Crippen LogP contribution in [0.4, 0.5) is 17.6 Å². The van der Waals surface area contributed by atoms with Crippen molar-refractivity contribution in [3.8, 4) is 0 Å². The Bertz CT molecular complexity index is 428. The summed E-state index contributed by atoms with van der Waals surface area (Å²) in [5.74, 6) is -2.35. The van der Waals surface area contributed by atoms with Gasteiger partial charge in [0, 0.05) is 13.6 Å². The van der Waals surface area contributed by atoms with E-state index in [1.165, 1.54) is 19.1 Å². The van der Waals surface area contributed by atoms with Crippen molar-refractivity contribution >= 4 is 5.91 Å². The summed E-state index contributed by atoms with van der Waals surface area (Å²) in [6.45, 7) is 1.30. The van der Waals surface area contributed by atoms with Crippen molar-refractivity contribution in [2.75, 3.05) is 7.05 Å². The smallest absolute Gasteiger partial charge is 0.334 e. The zero-order chi connectivity index (χ0) is 13.2. The molecule has 1 amide bonds. The van der Waals surface area contributed by atoms with Gasteiger partial charge in [0.25, 0.3) is 0 Å². The van der Waals surface area contributed by atoms with Gasteiger partial charge >= 0.3 is 12.1 Å². The molecule has 0 bridgehead atoms. The lowest BCUT2D eigenvalue weighted by Crippen LogP contribution is -2.37. The number of aryl methyl sites for hydroxylation is 1. The zero-order valence-electron chi connectivity index (χ0n) is 9.31. The number of alkyl halides is 3. The zero-order valence-corrected chi connectivity index (χ0v) is 9.31. The van der Waals surface area contributed by atoms with E-state index in [1.54, 1.807) is 0 Å². The second kappa shape index (κ2) is 4.73. The SMILES string of the molecule is Cc1cc(CN(C)C(=O)C(F)(F)F)ccc1F. The Balaban J connectivity index is 2.78. The summed E-state index contributed by atoms with van der Waals surface area (Å²) in [5.41, 5.74) is 0.777. The molecule has 0 radical (unpaired) electrons. The fraction of sp³-hybridized carbons (Fsp3) is 0.364. The minimum absolute atomic E-state index is 0.209. The number of rotatable bonds is 2. The summed E-state index contributed by atoms with van der Waals surface area (Å²) >= 11 is 0. The summed E-state index contributed by atoms with van der Waals surface area (Å²) in [5, 5.41) is 0. The van der Waals surface area contributed by atoms with Crippen molar-refractivity contribution < 1.29 is 22.4 Å². The van der Waals surface area contributed by atoms with Gasteiger partial charge in [-0.2, -0.15) is 13.2 Å². The van der Waals surface area contributed by atoms with Crippen LogP contribution in [-0.2, 0) is 11.3 Å². The average Bonchev–Trinajstić information content (AvgIpc) is 2.21. The predicted octanol–water partition coefficient (Wildman–Crippen LogP) is 2.65. The van der Waals surface area contributed by atoms with Crippen molar-refractivity contribution in [2.24, 2.45) is 0 Å². The maximum absolute atomic E-state index is 12.9. The van der Waals surface area contributed by atoms with Gasteiger partial charge in [-0.05, 0) is 24.1 Å². The van der Waals surface area contributed by atoms with Gasteiger partial charge in [0.05, 0.1) is 0 Å². The van der Waals surface area contributed by atoms with Crippen molar-refractivity contribution in [1.29, 1.82) is 0 Å². The summed E-state index contributed by atoms with van der Waals surface area (Å²) in [7, 11) is 1.05. The summed E-state index contributed by atoms with van der Waals surface area (Å²) < 4.78 is 49.2. The van der Waals surface area contributed by atoms with Crippen LogP contribution in [0, 0.1) is 12.7 Å². The van der Waals surface area contributed by atoms with E-state index >= 15 is 0 Å². The molecule has 0 aliphatic rings. The molecule has 1 aromatic carbocycles. The fourth-order valence-electron chi connectivity index (χ4n) is 1.37. The lowest BCUT2D eigenvalue weighted by molar-refractivity contribution is -0.184. The fourth-order valence-corrected chi connectivity index (χ4v) is 1.37. The van der Waals surface area contributed by atoms with Gasteiger partial charge in [0.1, 0.15) is 5.82 Å². The number of amides is 1. The molecule has 0 aromatic heterocycles. The van der Waals surface area contributed by atoms with Gasteiger partial charge in [-0.25, -0.2) is 4.39 Å². The van der Waals surface area contributed by atoms with Crippen LogP contribution >= 0.6 is 0 Å². The van der Waals surface area contributed by atoms with Crippen LogP contribution in [0.25, 0.3) is 0 Å². The van der Waals surface area contributed by atoms with Crippen LogP contribution in [0.5, 0.6) is 0 Å². The van der Waals surface area contributed by atoms with Gasteiger partial charge in [-0.3, -0.25) is 4.79 Å². The number of halogens is 4. The quantitative estimate of drug-likeness (QED) is 0.738. The first-order valence-electron chi connectivity index (χ1n) is 4.79. The normalized spacial score (nSPS) is 11.4. The number of benzene rings is 1. The number of carbonyl (C=O) groups excluding carboxylic acids is 1. The Hall–Kier alpha value is -1.59. The van der Waals surface area contributed by atoms with Crippen LogP contribution in [0.2, 0.25) is 0 Å². The molecule has 1 rings (SSSR count). The Labute approximate surface area is 95.8 Å². The van der Waals surface area contributed by atoms with Gasteiger partial charge in [-0.15, -0.1) is 0 Å². The van der Waals surface area contributed by atoms with E-state index in [2.05, 4.69) is 0 Å². The second-order valence-corrected chi connectivity index (χ2v) is 3.74. The predicted molar refractivity (Wildman–Crippen MR) is 53.7 cm³/mol. The summed E-state index contributed by atoms with van der Waals surface area (Å²) in [6, 6.07) is 3.93. The standard InChI is InChI=1S/C11H11F4NO/c1-7-5-8(3-4-9(7)12)6-16(2)10(17)11(13,14)15/h3-5H,6H2,1-2H3. The van der Waals surface area contributed by atoms with Crippen LogP contribution < -0.4 is 0 Å². The van der Waals surface area contributed by atoms with Crippen LogP contribution in [-0.4, -0.2) is 24.0 Å². The molecule has 2 nitrogen and oxygen atoms in total. The van der Waals surface area contributed by atoms with E-state index in [4.69, 9.17) is 0 Å². The molecule has 0 saturated carbocycles. The highest BCUT2D eigenvalue weighted by molar-refractivity contribution is 5.81. The van der Waals surface area contributed by atoms with Crippen molar-refractivity contribution in [2.45, 2.75) is 19.6 Å². The minimum atomic E-state index is -4.89. The summed E-state index contributed by atoms with van der Waals surface area (Å²) in [6.07, 6.45) is -4.89. The molecule has 94 valence electrons. The topological polar surface area (TPSA) is 20.3 Å². The minimum Gasteiger partial charge on any atom is -0.334 e. The first-order chi connectivity index (χ1) is 7.71. The van der Waals surface area contributed by atoms with Gasteiger partial charge in [-0.1, -0.05) is 12.1 Å². The first-order valence-corrected chi connectivity index (χ1v) is 4.79. The lowest BCUT2D eigenvalue weighted by atomic mass is 10.1. The molecule has 0 N–H and O–H groups in total. The molecule has 1 aromatic rings. The van der Waals surface area contributed by atoms with Crippen LogP contribution in [0.3, 0.4) is 0 Å². The molecular weight excluding hydrogens is 238 g/mol. The highest BCUT2D eigenvalue weighted by Crippen LogP contribution is 2.19. The number of hydrogen-bond acceptors (Lipinski definition) is 1. The van der Waals surface area contributed by atoms with E-state index in [0.29, 0.717) is 16.0 Å². The van der Waals surface area contributed by atoms with Gasteiger partial charge in [0.15, 0.2) is 0 Å². The highest BCUT2D eigenvalue weighted by atomic mass is 19.4. The van der Waals surface area contributed by atoms with Crippen LogP contribution in [0.15, 0.2) is 18.2 Å². The molecule has 0 spiro atoms.